The Labute approximate surface area is 138 Å². The average Bonchev–Trinajstić information content (AvgIpc) is 2.48. The van der Waals surface area contributed by atoms with Crippen LogP contribution in [0.25, 0.3) is 0 Å². The second-order valence-electron chi connectivity index (χ2n) is 4.61. The van der Waals surface area contributed by atoms with Gasteiger partial charge in [-0.2, -0.15) is 5.26 Å². The van der Waals surface area contributed by atoms with E-state index in [0.29, 0.717) is 10.6 Å². The van der Waals surface area contributed by atoms with E-state index in [0.717, 1.165) is 5.56 Å². The molecular formula is C15H14Cl2N4O. The molecule has 3 N–H and O–H groups in total. The maximum Gasteiger partial charge on any atom is 0.252 e. The molecule has 0 aliphatic rings. The summed E-state index contributed by atoms with van der Waals surface area (Å²) in [6, 6.07) is 10.3. The van der Waals surface area contributed by atoms with Crippen LogP contribution in [-0.4, -0.2) is 10.5 Å². The van der Waals surface area contributed by atoms with Gasteiger partial charge in [0, 0.05) is 6.20 Å². The summed E-state index contributed by atoms with van der Waals surface area (Å²) in [5.74, 6) is -0.700. The van der Waals surface area contributed by atoms with Crippen LogP contribution in [0.15, 0.2) is 36.5 Å². The Morgan fingerprint density at radius 3 is 2.73 bits per heavy atom. The fourth-order valence-electron chi connectivity index (χ4n) is 2.10. The van der Waals surface area contributed by atoms with Crippen molar-refractivity contribution in [2.75, 3.05) is 0 Å². The van der Waals surface area contributed by atoms with Crippen LogP contribution in [0.2, 0.25) is 5.02 Å². The van der Waals surface area contributed by atoms with Crippen molar-refractivity contribution in [3.05, 3.63) is 63.7 Å². The molecule has 0 spiro atoms. The lowest BCUT2D eigenvalue weighted by Gasteiger charge is -2.18. The van der Waals surface area contributed by atoms with E-state index in [1.165, 1.54) is 6.07 Å². The van der Waals surface area contributed by atoms with Crippen LogP contribution in [0.3, 0.4) is 0 Å². The molecule has 1 aromatic heterocycles. The quantitative estimate of drug-likeness (QED) is 0.900. The molecule has 0 saturated carbocycles. The molecule has 1 aromatic carbocycles. The van der Waals surface area contributed by atoms with Gasteiger partial charge in [0.25, 0.3) is 5.91 Å². The van der Waals surface area contributed by atoms with Crippen molar-refractivity contribution >= 4 is 29.9 Å². The average molecular weight is 337 g/mol. The number of nitrogens with two attached hydrogens (primary N) is 1. The smallest absolute Gasteiger partial charge is 0.252 e. The van der Waals surface area contributed by atoms with Gasteiger partial charge in [0.1, 0.15) is 5.49 Å². The third kappa shape index (κ3) is 3.48. The van der Waals surface area contributed by atoms with Crippen LogP contribution in [0.5, 0.6) is 0 Å². The summed E-state index contributed by atoms with van der Waals surface area (Å²) in [6.07, 6.45) is 1.57. The van der Waals surface area contributed by atoms with Gasteiger partial charge in [-0.25, -0.2) is 0 Å². The third-order valence-corrected chi connectivity index (χ3v) is 3.45. The number of hydrogen-bond acceptors (Lipinski definition) is 3. The molecular weight excluding hydrogens is 323 g/mol. The van der Waals surface area contributed by atoms with E-state index in [9.17, 15) is 4.79 Å². The zero-order chi connectivity index (χ0) is 15.6. The predicted molar refractivity (Wildman–Crippen MR) is 86.0 cm³/mol. The molecule has 2 aromatic rings. The van der Waals surface area contributed by atoms with E-state index in [2.05, 4.69) is 6.07 Å². The number of nitrogens with one attached hydrogen (secondary N) is 1. The van der Waals surface area contributed by atoms with Gasteiger partial charge >= 0.3 is 0 Å². The van der Waals surface area contributed by atoms with Gasteiger partial charge in [-0.1, -0.05) is 23.7 Å². The molecule has 22 heavy (non-hydrogen) atoms. The molecule has 0 fully saturated rings. The number of pyridine rings is 1. The van der Waals surface area contributed by atoms with E-state index in [4.69, 9.17) is 28.0 Å². The Balaban J connectivity index is 0.00000242. The molecule has 2 rings (SSSR count). The highest BCUT2D eigenvalue weighted by Crippen LogP contribution is 2.19. The van der Waals surface area contributed by atoms with Gasteiger partial charge < -0.3 is 10.3 Å². The summed E-state index contributed by atoms with van der Waals surface area (Å²) < 4.78 is 1.55. The lowest BCUT2D eigenvalue weighted by molar-refractivity contribution is 0.0997. The van der Waals surface area contributed by atoms with Gasteiger partial charge in [0.2, 0.25) is 0 Å². The van der Waals surface area contributed by atoms with Crippen molar-refractivity contribution in [3.63, 3.8) is 0 Å². The zero-order valence-corrected chi connectivity index (χ0v) is 13.3. The number of carbonyl (C=O) groups is 1. The first-order chi connectivity index (χ1) is 9.93. The number of rotatable bonds is 3. The summed E-state index contributed by atoms with van der Waals surface area (Å²) in [7, 11) is 0. The van der Waals surface area contributed by atoms with Gasteiger partial charge in [0.15, 0.2) is 0 Å². The Morgan fingerprint density at radius 2 is 2.14 bits per heavy atom. The first-order valence-electron chi connectivity index (χ1n) is 6.20. The third-order valence-electron chi connectivity index (χ3n) is 3.24. The van der Waals surface area contributed by atoms with Crippen molar-refractivity contribution < 1.29 is 4.79 Å². The van der Waals surface area contributed by atoms with Crippen LogP contribution in [0.4, 0.5) is 0 Å². The maximum absolute atomic E-state index is 11.4. The maximum atomic E-state index is 11.4. The Morgan fingerprint density at radius 1 is 1.45 bits per heavy atom. The van der Waals surface area contributed by atoms with Gasteiger partial charge in [-0.05, 0) is 30.7 Å². The largest absolute Gasteiger partial charge is 0.365 e. The lowest BCUT2D eigenvalue weighted by Crippen LogP contribution is -2.31. The fraction of sp³-hybridized carbons (Fsp3) is 0.133. The monoisotopic (exact) mass is 336 g/mol. The molecule has 0 saturated heterocycles. The van der Waals surface area contributed by atoms with Crippen molar-refractivity contribution in [1.29, 1.82) is 10.7 Å². The van der Waals surface area contributed by atoms with Crippen molar-refractivity contribution in [2.24, 2.45) is 5.73 Å². The number of carbonyl (C=O) groups excluding carboxylic acids is 1. The summed E-state index contributed by atoms with van der Waals surface area (Å²) in [5.41, 5.74) is 6.68. The van der Waals surface area contributed by atoms with Crippen molar-refractivity contribution in [3.8, 4) is 6.07 Å². The molecule has 1 atom stereocenters. The number of halogens is 2. The number of benzene rings is 1. The Hall–Kier alpha value is -2.29. The number of primary amides is 1. The number of aromatic nitrogens is 1. The summed E-state index contributed by atoms with van der Waals surface area (Å²) in [5, 5.41) is 17.4. The van der Waals surface area contributed by atoms with Crippen LogP contribution >= 0.6 is 24.0 Å². The zero-order valence-electron chi connectivity index (χ0n) is 11.7. The highest BCUT2D eigenvalue weighted by Gasteiger charge is 2.14. The van der Waals surface area contributed by atoms with Crippen molar-refractivity contribution in [2.45, 2.75) is 13.0 Å². The van der Waals surface area contributed by atoms with Crippen LogP contribution in [0.1, 0.15) is 34.5 Å². The molecule has 0 radical (unpaired) electrons. The van der Waals surface area contributed by atoms with E-state index in [1.54, 1.807) is 29.0 Å². The molecule has 1 amide bonds. The first-order valence-corrected chi connectivity index (χ1v) is 6.58. The highest BCUT2D eigenvalue weighted by atomic mass is 35.5. The molecule has 0 aliphatic carbocycles. The summed E-state index contributed by atoms with van der Waals surface area (Å²) in [4.78, 5) is 11.4. The molecule has 1 unspecified atom stereocenters. The molecule has 114 valence electrons. The topological polar surface area (TPSA) is 95.7 Å². The van der Waals surface area contributed by atoms with Gasteiger partial charge in [-0.15, -0.1) is 12.4 Å². The van der Waals surface area contributed by atoms with E-state index in [-0.39, 0.29) is 29.5 Å². The minimum atomic E-state index is -0.700. The number of hydrogen-bond donors (Lipinski definition) is 2. The Kier molecular flexibility index (Phi) is 5.75. The van der Waals surface area contributed by atoms with Crippen LogP contribution < -0.4 is 11.2 Å². The standard InChI is InChI=1S/C15H13ClN4O.ClH/c1-9(11-4-2-3-10(5-11)7-17)20-8-12(16)6-13(14(20)18)15(19)21;/h2-6,8-9,18H,1H3,(H2,19,21);1H. The molecule has 0 bridgehead atoms. The van der Waals surface area contributed by atoms with Crippen LogP contribution in [0, 0.1) is 16.7 Å². The predicted octanol–water partition coefficient (Wildman–Crippen LogP) is 2.62. The number of amides is 1. The van der Waals surface area contributed by atoms with E-state index in [1.807, 2.05) is 13.0 Å². The van der Waals surface area contributed by atoms with Crippen molar-refractivity contribution in [1.82, 2.24) is 4.57 Å². The second kappa shape index (κ2) is 7.12. The van der Waals surface area contributed by atoms with Gasteiger partial charge in [-0.3, -0.25) is 10.2 Å². The first kappa shape index (κ1) is 17.8. The van der Waals surface area contributed by atoms with E-state index < -0.39 is 5.91 Å². The fourth-order valence-corrected chi connectivity index (χ4v) is 2.32. The summed E-state index contributed by atoms with van der Waals surface area (Å²) >= 11 is 5.99. The second-order valence-corrected chi connectivity index (χ2v) is 5.04. The van der Waals surface area contributed by atoms with E-state index >= 15 is 0 Å². The van der Waals surface area contributed by atoms with Crippen LogP contribution in [-0.2, 0) is 0 Å². The lowest BCUT2D eigenvalue weighted by atomic mass is 10.0. The minimum Gasteiger partial charge on any atom is -0.365 e. The highest BCUT2D eigenvalue weighted by molar-refractivity contribution is 6.30. The normalized spacial score (nSPS) is 11.1. The summed E-state index contributed by atoms with van der Waals surface area (Å²) in [6.45, 7) is 1.86. The molecule has 0 aliphatic heterocycles. The Bertz CT molecular complexity index is 808. The SMILES string of the molecule is CC(c1cccc(C#N)c1)n1cc(Cl)cc(C(N)=O)c1=N.Cl. The molecule has 7 heteroatoms. The molecule has 5 nitrogen and oxygen atoms in total. The molecule has 1 heterocycles. The number of nitrogens with zero attached hydrogens (tertiary/aromatic N) is 2. The number of nitriles is 1. The van der Waals surface area contributed by atoms with Gasteiger partial charge in [0.05, 0.1) is 28.3 Å². The minimum absolute atomic E-state index is 0.